The molecular formula is C10H16N4O2. The Balaban J connectivity index is 2.12. The fraction of sp³-hybridized carbons (Fsp3) is 0.700. The largest absolute Gasteiger partial charge is 0.481 e. The maximum Gasteiger partial charge on any atom is 0.306 e. The van der Waals surface area contributed by atoms with Gasteiger partial charge in [0.1, 0.15) is 5.82 Å². The minimum atomic E-state index is -0.723. The van der Waals surface area contributed by atoms with Crippen molar-refractivity contribution in [2.24, 2.45) is 13.0 Å². The van der Waals surface area contributed by atoms with E-state index in [1.165, 1.54) is 0 Å². The van der Waals surface area contributed by atoms with Crippen molar-refractivity contribution in [2.45, 2.75) is 25.8 Å². The SMILES string of the molecule is Cc1nc(C2CC(C(=O)O)CCN2)nn1C. The van der Waals surface area contributed by atoms with Crippen LogP contribution in [0, 0.1) is 12.8 Å². The molecule has 1 aliphatic rings. The molecule has 0 bridgehead atoms. The van der Waals surface area contributed by atoms with Gasteiger partial charge in [0.25, 0.3) is 0 Å². The molecule has 0 spiro atoms. The number of nitrogens with zero attached hydrogens (tertiary/aromatic N) is 3. The summed E-state index contributed by atoms with van der Waals surface area (Å²) in [5.41, 5.74) is 0. The smallest absolute Gasteiger partial charge is 0.306 e. The molecule has 1 aliphatic heterocycles. The van der Waals surface area contributed by atoms with Gasteiger partial charge in [0.2, 0.25) is 0 Å². The Morgan fingerprint density at radius 2 is 2.38 bits per heavy atom. The van der Waals surface area contributed by atoms with Gasteiger partial charge >= 0.3 is 5.97 Å². The Morgan fingerprint density at radius 1 is 1.62 bits per heavy atom. The summed E-state index contributed by atoms with van der Waals surface area (Å²) < 4.78 is 1.71. The summed E-state index contributed by atoms with van der Waals surface area (Å²) in [4.78, 5) is 15.3. The molecule has 1 aromatic rings. The first-order valence-corrected chi connectivity index (χ1v) is 5.41. The van der Waals surface area contributed by atoms with Crippen LogP contribution in [0.15, 0.2) is 0 Å². The number of aryl methyl sites for hydroxylation is 2. The Kier molecular flexibility index (Phi) is 2.91. The normalized spacial score (nSPS) is 25.6. The van der Waals surface area contributed by atoms with E-state index in [0.29, 0.717) is 25.2 Å². The Morgan fingerprint density at radius 3 is 2.94 bits per heavy atom. The highest BCUT2D eigenvalue weighted by molar-refractivity contribution is 5.70. The van der Waals surface area contributed by atoms with Crippen molar-refractivity contribution in [1.29, 1.82) is 0 Å². The van der Waals surface area contributed by atoms with E-state index in [2.05, 4.69) is 15.4 Å². The predicted octanol–water partition coefficient (Wildman–Crippen LogP) is 0.249. The van der Waals surface area contributed by atoms with Gasteiger partial charge in [-0.1, -0.05) is 0 Å². The molecule has 1 saturated heterocycles. The number of carboxylic acids is 1. The summed E-state index contributed by atoms with van der Waals surface area (Å²) >= 11 is 0. The summed E-state index contributed by atoms with van der Waals surface area (Å²) in [7, 11) is 1.84. The average Bonchev–Trinajstić information content (AvgIpc) is 2.59. The average molecular weight is 224 g/mol. The zero-order valence-electron chi connectivity index (χ0n) is 9.47. The van der Waals surface area contributed by atoms with E-state index in [1.54, 1.807) is 4.68 Å². The molecule has 2 N–H and O–H groups in total. The van der Waals surface area contributed by atoms with Crippen molar-refractivity contribution in [2.75, 3.05) is 6.54 Å². The first-order chi connectivity index (χ1) is 7.58. The highest BCUT2D eigenvalue weighted by Gasteiger charge is 2.29. The second-order valence-corrected chi connectivity index (χ2v) is 4.21. The van der Waals surface area contributed by atoms with E-state index in [0.717, 1.165) is 5.82 Å². The van der Waals surface area contributed by atoms with E-state index < -0.39 is 5.97 Å². The van der Waals surface area contributed by atoms with E-state index in [9.17, 15) is 4.79 Å². The van der Waals surface area contributed by atoms with Crippen LogP contribution in [0.3, 0.4) is 0 Å². The van der Waals surface area contributed by atoms with Gasteiger partial charge in [-0.25, -0.2) is 4.98 Å². The standard InChI is InChI=1S/C10H16N4O2/c1-6-12-9(13-14(6)2)8-5-7(10(15)16)3-4-11-8/h7-8,11H,3-5H2,1-2H3,(H,15,16). The van der Waals surface area contributed by atoms with Crippen molar-refractivity contribution >= 4 is 5.97 Å². The van der Waals surface area contributed by atoms with Crippen LogP contribution in [-0.4, -0.2) is 32.4 Å². The summed E-state index contributed by atoms with van der Waals surface area (Å²) in [6.45, 7) is 2.59. The monoisotopic (exact) mass is 224 g/mol. The van der Waals surface area contributed by atoms with Crippen LogP contribution >= 0.6 is 0 Å². The minimum Gasteiger partial charge on any atom is -0.481 e. The second kappa shape index (κ2) is 4.21. The number of hydrogen-bond donors (Lipinski definition) is 2. The molecule has 2 heterocycles. The van der Waals surface area contributed by atoms with Crippen LogP contribution in [0.4, 0.5) is 0 Å². The van der Waals surface area contributed by atoms with E-state index in [4.69, 9.17) is 5.11 Å². The van der Waals surface area contributed by atoms with Gasteiger partial charge < -0.3 is 10.4 Å². The Hall–Kier alpha value is -1.43. The molecule has 0 aliphatic carbocycles. The van der Waals surface area contributed by atoms with Gasteiger partial charge in [0.05, 0.1) is 12.0 Å². The number of piperidine rings is 1. The summed E-state index contributed by atoms with van der Waals surface area (Å²) in [6, 6.07) is -0.0326. The lowest BCUT2D eigenvalue weighted by molar-refractivity contribution is -0.143. The van der Waals surface area contributed by atoms with Crippen LogP contribution in [0.25, 0.3) is 0 Å². The molecule has 2 rings (SSSR count). The zero-order valence-corrected chi connectivity index (χ0v) is 9.47. The lowest BCUT2D eigenvalue weighted by Gasteiger charge is -2.25. The van der Waals surface area contributed by atoms with Crippen molar-refractivity contribution in [1.82, 2.24) is 20.1 Å². The zero-order chi connectivity index (χ0) is 11.7. The second-order valence-electron chi connectivity index (χ2n) is 4.21. The van der Waals surface area contributed by atoms with Crippen LogP contribution in [0.1, 0.15) is 30.5 Å². The fourth-order valence-corrected chi connectivity index (χ4v) is 1.97. The summed E-state index contributed by atoms with van der Waals surface area (Å²) in [5.74, 6) is 0.537. The van der Waals surface area contributed by atoms with Gasteiger partial charge in [-0.3, -0.25) is 9.48 Å². The van der Waals surface area contributed by atoms with Crippen LogP contribution in [0.2, 0.25) is 0 Å². The van der Waals surface area contributed by atoms with Crippen molar-refractivity contribution in [3.8, 4) is 0 Å². The molecule has 2 unspecified atom stereocenters. The van der Waals surface area contributed by atoms with Gasteiger partial charge in [0, 0.05) is 7.05 Å². The number of nitrogens with one attached hydrogen (secondary N) is 1. The number of aliphatic carboxylic acids is 1. The Bertz CT molecular complexity index is 382. The lowest BCUT2D eigenvalue weighted by Crippen LogP contribution is -2.35. The van der Waals surface area contributed by atoms with Crippen molar-refractivity contribution in [3.05, 3.63) is 11.6 Å². The maximum atomic E-state index is 10.9. The number of rotatable bonds is 2. The molecule has 88 valence electrons. The summed E-state index contributed by atoms with van der Waals surface area (Å²) in [5, 5.41) is 16.5. The molecule has 0 amide bonds. The van der Waals surface area contributed by atoms with Gasteiger partial charge in [0.15, 0.2) is 5.82 Å². The quantitative estimate of drug-likeness (QED) is 0.752. The molecule has 1 fully saturated rings. The van der Waals surface area contributed by atoms with E-state index in [1.807, 2.05) is 14.0 Å². The molecule has 6 nitrogen and oxygen atoms in total. The minimum absolute atomic E-state index is 0.0326. The number of aromatic nitrogens is 3. The number of carbonyl (C=O) groups is 1. The third kappa shape index (κ3) is 2.06. The molecule has 0 aromatic carbocycles. The topological polar surface area (TPSA) is 80.0 Å². The van der Waals surface area contributed by atoms with E-state index >= 15 is 0 Å². The lowest BCUT2D eigenvalue weighted by atomic mass is 9.92. The third-order valence-electron chi connectivity index (χ3n) is 3.06. The highest BCUT2D eigenvalue weighted by Crippen LogP contribution is 2.25. The molecule has 6 heteroatoms. The number of carboxylic acid groups (broad SMARTS) is 1. The highest BCUT2D eigenvalue weighted by atomic mass is 16.4. The third-order valence-corrected chi connectivity index (χ3v) is 3.06. The van der Waals surface area contributed by atoms with Gasteiger partial charge in [-0.15, -0.1) is 0 Å². The molecule has 2 atom stereocenters. The fourth-order valence-electron chi connectivity index (χ4n) is 1.97. The van der Waals surface area contributed by atoms with Crippen LogP contribution < -0.4 is 5.32 Å². The number of hydrogen-bond acceptors (Lipinski definition) is 4. The maximum absolute atomic E-state index is 10.9. The van der Waals surface area contributed by atoms with Gasteiger partial charge in [-0.2, -0.15) is 5.10 Å². The molecule has 16 heavy (non-hydrogen) atoms. The Labute approximate surface area is 93.7 Å². The molecular weight excluding hydrogens is 208 g/mol. The van der Waals surface area contributed by atoms with Crippen molar-refractivity contribution in [3.63, 3.8) is 0 Å². The van der Waals surface area contributed by atoms with Crippen LogP contribution in [0.5, 0.6) is 0 Å². The predicted molar refractivity (Wildman–Crippen MR) is 56.8 cm³/mol. The van der Waals surface area contributed by atoms with Gasteiger partial charge in [-0.05, 0) is 26.3 Å². The molecule has 0 radical (unpaired) electrons. The summed E-state index contributed by atoms with van der Waals surface area (Å²) in [6.07, 6.45) is 1.25. The molecule has 1 aromatic heterocycles. The van der Waals surface area contributed by atoms with Crippen molar-refractivity contribution < 1.29 is 9.90 Å². The first-order valence-electron chi connectivity index (χ1n) is 5.41. The molecule has 0 saturated carbocycles. The van der Waals surface area contributed by atoms with E-state index in [-0.39, 0.29) is 12.0 Å². The first kappa shape index (κ1) is 11.1. The van der Waals surface area contributed by atoms with Crippen LogP contribution in [-0.2, 0) is 11.8 Å².